The lowest BCUT2D eigenvalue weighted by Gasteiger charge is -2.08. The predicted molar refractivity (Wildman–Crippen MR) is 90.8 cm³/mol. The topological polar surface area (TPSA) is 71.2 Å². The summed E-state index contributed by atoms with van der Waals surface area (Å²) in [6, 6.07) is 11.6. The van der Waals surface area contributed by atoms with Crippen molar-refractivity contribution < 1.29 is 13.2 Å². The van der Waals surface area contributed by atoms with Gasteiger partial charge in [0.1, 0.15) is 5.75 Å². The van der Waals surface area contributed by atoms with E-state index in [0.29, 0.717) is 20.9 Å². The summed E-state index contributed by atoms with van der Waals surface area (Å²) in [5.74, 6) is 0.662. The molecule has 3 rings (SSSR count). The molecule has 0 aliphatic carbocycles. The van der Waals surface area contributed by atoms with E-state index in [9.17, 15) is 8.42 Å². The minimum atomic E-state index is -3.66. The maximum absolute atomic E-state index is 12.4. The van der Waals surface area contributed by atoms with Crippen LogP contribution in [0.15, 0.2) is 47.4 Å². The molecule has 22 heavy (non-hydrogen) atoms. The number of benzene rings is 2. The van der Waals surface area contributed by atoms with Gasteiger partial charge in [-0.15, -0.1) is 11.3 Å². The number of rotatable bonds is 4. The zero-order chi connectivity index (χ0) is 15.7. The molecule has 8 heteroatoms. The number of hydrogen-bond acceptors (Lipinski definition) is 5. The minimum absolute atomic E-state index is 0.180. The van der Waals surface area contributed by atoms with Gasteiger partial charge in [-0.05, 0) is 54.7 Å². The van der Waals surface area contributed by atoms with E-state index in [0.717, 1.165) is 4.70 Å². The SMILES string of the molecule is COc1ccc(NS(=O)(=O)c2ccc3sc(=S)[nH]c3c2)cc1. The predicted octanol–water partition coefficient (Wildman–Crippen LogP) is 3.77. The minimum Gasteiger partial charge on any atom is -0.497 e. The Bertz CT molecular complexity index is 972. The third-order valence-electron chi connectivity index (χ3n) is 3.04. The van der Waals surface area contributed by atoms with Crippen molar-refractivity contribution in [3.05, 3.63) is 46.4 Å². The molecule has 2 N–H and O–H groups in total. The average molecular weight is 352 g/mol. The van der Waals surface area contributed by atoms with Crippen molar-refractivity contribution in [2.75, 3.05) is 11.8 Å². The molecule has 2 aromatic carbocycles. The fourth-order valence-electron chi connectivity index (χ4n) is 1.97. The number of hydrogen-bond donors (Lipinski definition) is 2. The number of aromatic amines is 1. The Hall–Kier alpha value is -1.90. The molecule has 1 heterocycles. The lowest BCUT2D eigenvalue weighted by atomic mass is 10.3. The number of methoxy groups -OCH3 is 1. The van der Waals surface area contributed by atoms with Crippen LogP contribution in [0.1, 0.15) is 0 Å². The second-order valence-electron chi connectivity index (χ2n) is 4.51. The van der Waals surface area contributed by atoms with Crippen molar-refractivity contribution in [2.24, 2.45) is 0 Å². The number of sulfonamides is 1. The number of fused-ring (bicyclic) bond motifs is 1. The third kappa shape index (κ3) is 2.99. The number of ether oxygens (including phenoxy) is 1. The second kappa shape index (κ2) is 5.71. The van der Waals surface area contributed by atoms with E-state index < -0.39 is 10.0 Å². The van der Waals surface area contributed by atoms with Crippen molar-refractivity contribution in [3.8, 4) is 5.75 Å². The third-order valence-corrected chi connectivity index (χ3v) is 5.64. The van der Waals surface area contributed by atoms with Crippen molar-refractivity contribution in [1.82, 2.24) is 4.98 Å². The maximum atomic E-state index is 12.4. The zero-order valence-corrected chi connectivity index (χ0v) is 13.9. The molecule has 0 atom stereocenters. The summed E-state index contributed by atoms with van der Waals surface area (Å²) in [6.07, 6.45) is 0. The molecular formula is C14H12N2O3S3. The Labute approximate surface area is 136 Å². The fourth-order valence-corrected chi connectivity index (χ4v) is 4.15. The average Bonchev–Trinajstić information content (AvgIpc) is 2.86. The highest BCUT2D eigenvalue weighted by atomic mass is 32.2. The van der Waals surface area contributed by atoms with E-state index in [1.54, 1.807) is 49.6 Å². The molecule has 0 radical (unpaired) electrons. The summed E-state index contributed by atoms with van der Waals surface area (Å²) >= 11 is 6.47. The van der Waals surface area contributed by atoms with Crippen molar-refractivity contribution in [1.29, 1.82) is 0 Å². The van der Waals surface area contributed by atoms with Gasteiger partial charge in [0.2, 0.25) is 0 Å². The lowest BCUT2D eigenvalue weighted by molar-refractivity contribution is 0.415. The van der Waals surface area contributed by atoms with Crippen LogP contribution in [0.5, 0.6) is 5.75 Å². The quantitative estimate of drug-likeness (QED) is 0.701. The van der Waals surface area contributed by atoms with Gasteiger partial charge in [0.25, 0.3) is 10.0 Å². The molecule has 0 bridgehead atoms. The van der Waals surface area contributed by atoms with Crippen LogP contribution < -0.4 is 9.46 Å². The van der Waals surface area contributed by atoms with Crippen LogP contribution in [0.2, 0.25) is 0 Å². The van der Waals surface area contributed by atoms with Gasteiger partial charge in [-0.2, -0.15) is 0 Å². The van der Waals surface area contributed by atoms with Crippen LogP contribution in [-0.4, -0.2) is 20.5 Å². The number of anilines is 1. The monoisotopic (exact) mass is 352 g/mol. The van der Waals surface area contributed by atoms with Crippen LogP contribution >= 0.6 is 23.6 Å². The van der Waals surface area contributed by atoms with Crippen LogP contribution in [0.3, 0.4) is 0 Å². The summed E-state index contributed by atoms with van der Waals surface area (Å²) in [5.41, 5.74) is 1.19. The van der Waals surface area contributed by atoms with E-state index in [1.807, 2.05) is 0 Å². The van der Waals surface area contributed by atoms with Gasteiger partial charge in [-0.25, -0.2) is 8.42 Å². The molecule has 0 unspecified atom stereocenters. The molecule has 0 fully saturated rings. The van der Waals surface area contributed by atoms with Crippen LogP contribution in [0.25, 0.3) is 10.2 Å². The number of nitrogens with one attached hydrogen (secondary N) is 2. The molecule has 1 aromatic heterocycles. The van der Waals surface area contributed by atoms with Gasteiger partial charge in [-0.1, -0.05) is 0 Å². The summed E-state index contributed by atoms with van der Waals surface area (Å²) in [7, 11) is -2.10. The summed E-state index contributed by atoms with van der Waals surface area (Å²) in [6.45, 7) is 0. The Kier molecular flexibility index (Phi) is 3.90. The first-order chi connectivity index (χ1) is 10.5. The van der Waals surface area contributed by atoms with Crippen LogP contribution in [0, 0.1) is 3.95 Å². The van der Waals surface area contributed by atoms with Crippen molar-refractivity contribution in [3.63, 3.8) is 0 Å². The summed E-state index contributed by atoms with van der Waals surface area (Å²) < 4.78 is 34.0. The molecule has 3 aromatic rings. The molecule has 0 aliphatic rings. The molecule has 0 spiro atoms. The molecule has 0 saturated heterocycles. The van der Waals surface area contributed by atoms with Gasteiger partial charge in [0.05, 0.1) is 22.2 Å². The molecule has 0 aliphatic heterocycles. The Balaban J connectivity index is 1.94. The van der Waals surface area contributed by atoms with Gasteiger partial charge >= 0.3 is 0 Å². The van der Waals surface area contributed by atoms with Crippen molar-refractivity contribution in [2.45, 2.75) is 4.90 Å². The zero-order valence-electron chi connectivity index (χ0n) is 11.5. The Morgan fingerprint density at radius 1 is 1.18 bits per heavy atom. The van der Waals surface area contributed by atoms with Gasteiger partial charge in [0, 0.05) is 5.69 Å². The molecule has 0 saturated carbocycles. The first-order valence-corrected chi connectivity index (χ1v) is 8.98. The second-order valence-corrected chi connectivity index (χ2v) is 7.91. The molecule has 0 amide bonds. The molecular weight excluding hydrogens is 340 g/mol. The highest BCUT2D eigenvalue weighted by Crippen LogP contribution is 2.24. The van der Waals surface area contributed by atoms with E-state index in [4.69, 9.17) is 17.0 Å². The normalized spacial score (nSPS) is 11.5. The van der Waals surface area contributed by atoms with Crippen LogP contribution in [0.4, 0.5) is 5.69 Å². The van der Waals surface area contributed by atoms with Crippen molar-refractivity contribution >= 4 is 49.5 Å². The summed E-state index contributed by atoms with van der Waals surface area (Å²) in [4.78, 5) is 3.15. The number of H-pyrrole nitrogens is 1. The highest BCUT2D eigenvalue weighted by Gasteiger charge is 2.15. The fraction of sp³-hybridized carbons (Fsp3) is 0.0714. The Morgan fingerprint density at radius 3 is 2.59 bits per heavy atom. The number of aromatic nitrogens is 1. The number of thiazole rings is 1. The first-order valence-electron chi connectivity index (χ1n) is 6.28. The molecule has 5 nitrogen and oxygen atoms in total. The van der Waals surface area contributed by atoms with E-state index in [1.165, 1.54) is 11.3 Å². The Morgan fingerprint density at radius 2 is 1.91 bits per heavy atom. The van der Waals surface area contributed by atoms with E-state index in [-0.39, 0.29) is 4.90 Å². The summed E-state index contributed by atoms with van der Waals surface area (Å²) in [5, 5.41) is 0. The van der Waals surface area contributed by atoms with Gasteiger partial charge < -0.3 is 9.72 Å². The lowest BCUT2D eigenvalue weighted by Crippen LogP contribution is -2.12. The largest absolute Gasteiger partial charge is 0.497 e. The standard InChI is InChI=1S/C14H12N2O3S3/c1-19-10-4-2-9(3-5-10)16-22(17,18)11-6-7-13-12(8-11)15-14(20)21-13/h2-8,16H,1H3,(H,15,20). The molecule has 114 valence electrons. The smallest absolute Gasteiger partial charge is 0.261 e. The highest BCUT2D eigenvalue weighted by molar-refractivity contribution is 7.92. The first kappa shape index (κ1) is 15.0. The van der Waals surface area contributed by atoms with Gasteiger partial charge in [-0.3, -0.25) is 4.72 Å². The van der Waals surface area contributed by atoms with Crippen LogP contribution in [-0.2, 0) is 10.0 Å². The van der Waals surface area contributed by atoms with E-state index >= 15 is 0 Å². The maximum Gasteiger partial charge on any atom is 0.261 e. The van der Waals surface area contributed by atoms with E-state index in [2.05, 4.69) is 9.71 Å². The van der Waals surface area contributed by atoms with Gasteiger partial charge in [0.15, 0.2) is 3.95 Å².